The molecule has 1 aromatic heterocycles. The zero-order chi connectivity index (χ0) is 10.7. The van der Waals surface area contributed by atoms with E-state index < -0.39 is 0 Å². The van der Waals surface area contributed by atoms with Crippen LogP contribution in [0.25, 0.3) is 0 Å². The molecule has 76 valence electrons. The molecule has 0 fully saturated rings. The number of nitrogens with one attached hydrogen (secondary N) is 1. The van der Waals surface area contributed by atoms with Gasteiger partial charge in [0.15, 0.2) is 0 Å². The third kappa shape index (κ3) is 2.31. The number of hydrogen-bond donors (Lipinski definition) is 1. The van der Waals surface area contributed by atoms with E-state index in [1.807, 2.05) is 27.7 Å². The van der Waals surface area contributed by atoms with Crippen molar-refractivity contribution in [1.29, 1.82) is 0 Å². The zero-order valence-electron chi connectivity index (χ0n) is 9.09. The molecule has 0 aromatic carbocycles. The maximum Gasteiger partial charge on any atom is 0.251 e. The molecule has 1 heterocycles. The summed E-state index contributed by atoms with van der Waals surface area (Å²) in [6.45, 7) is 7.71. The molecule has 0 aliphatic carbocycles. The number of aromatic nitrogens is 1. The Hall–Kier alpha value is -1.38. The predicted octanol–water partition coefficient (Wildman–Crippen LogP) is 1.84. The highest BCUT2D eigenvalue weighted by Crippen LogP contribution is 2.09. The first-order valence-corrected chi connectivity index (χ1v) is 4.75. The average molecular weight is 192 g/mol. The van der Waals surface area contributed by atoms with Crippen LogP contribution in [0.3, 0.4) is 0 Å². The summed E-state index contributed by atoms with van der Waals surface area (Å²) in [5.41, 5.74) is 2.57. The van der Waals surface area contributed by atoms with Gasteiger partial charge in [0, 0.05) is 23.5 Å². The van der Waals surface area contributed by atoms with Gasteiger partial charge in [-0.25, -0.2) is 0 Å². The summed E-state index contributed by atoms with van der Waals surface area (Å²) in [4.78, 5) is 15.8. The number of aryl methyl sites for hydroxylation is 1. The minimum atomic E-state index is -0.0250. The molecule has 0 bridgehead atoms. The molecule has 14 heavy (non-hydrogen) atoms. The van der Waals surface area contributed by atoms with Gasteiger partial charge in [0.1, 0.15) is 0 Å². The molecule has 0 saturated carbocycles. The van der Waals surface area contributed by atoms with Crippen molar-refractivity contribution in [2.45, 2.75) is 33.7 Å². The first-order chi connectivity index (χ1) is 6.52. The fraction of sp³-hybridized carbons (Fsp3) is 0.455. The second kappa shape index (κ2) is 4.22. The molecule has 0 aliphatic heterocycles. The average Bonchev–Trinajstić information content (AvgIpc) is 2.08. The third-order valence-corrected chi connectivity index (χ3v) is 2.12. The molecule has 0 saturated heterocycles. The van der Waals surface area contributed by atoms with E-state index in [0.717, 1.165) is 11.3 Å². The van der Waals surface area contributed by atoms with E-state index in [1.165, 1.54) is 0 Å². The number of carbonyl (C=O) groups excluding carboxylic acids is 1. The summed E-state index contributed by atoms with van der Waals surface area (Å²) in [7, 11) is 0. The Balaban J connectivity index is 2.96. The molecule has 0 spiro atoms. The van der Waals surface area contributed by atoms with Crippen LogP contribution in [0.15, 0.2) is 12.3 Å². The SMILES string of the molecule is Cc1nccc(C(=O)NC(C)C)c1C. The molecular weight excluding hydrogens is 176 g/mol. The summed E-state index contributed by atoms with van der Waals surface area (Å²) in [5, 5.41) is 2.86. The summed E-state index contributed by atoms with van der Waals surface area (Å²) in [5.74, 6) is -0.0250. The van der Waals surface area contributed by atoms with Gasteiger partial charge in [-0.2, -0.15) is 0 Å². The lowest BCUT2D eigenvalue weighted by Crippen LogP contribution is -2.30. The lowest BCUT2D eigenvalue weighted by molar-refractivity contribution is 0.0942. The molecule has 1 amide bonds. The molecule has 1 rings (SSSR count). The van der Waals surface area contributed by atoms with E-state index in [0.29, 0.717) is 5.56 Å². The van der Waals surface area contributed by atoms with Crippen molar-refractivity contribution in [2.24, 2.45) is 0 Å². The molecular formula is C11H16N2O. The van der Waals surface area contributed by atoms with E-state index in [2.05, 4.69) is 10.3 Å². The lowest BCUT2D eigenvalue weighted by Gasteiger charge is -2.10. The standard InChI is InChI=1S/C11H16N2O/c1-7(2)13-11(14)10-5-6-12-9(4)8(10)3/h5-7H,1-4H3,(H,13,14). The van der Waals surface area contributed by atoms with Crippen molar-refractivity contribution in [3.63, 3.8) is 0 Å². The molecule has 0 atom stereocenters. The van der Waals surface area contributed by atoms with Gasteiger partial charge in [-0.1, -0.05) is 0 Å². The van der Waals surface area contributed by atoms with Crippen LogP contribution in [0, 0.1) is 13.8 Å². The van der Waals surface area contributed by atoms with Gasteiger partial charge in [-0.3, -0.25) is 9.78 Å². The Morgan fingerprint density at radius 1 is 1.43 bits per heavy atom. The van der Waals surface area contributed by atoms with Crippen molar-refractivity contribution in [1.82, 2.24) is 10.3 Å². The fourth-order valence-corrected chi connectivity index (χ4v) is 1.23. The van der Waals surface area contributed by atoms with Gasteiger partial charge < -0.3 is 5.32 Å². The molecule has 3 heteroatoms. The number of pyridine rings is 1. The second-order valence-corrected chi connectivity index (χ2v) is 3.70. The Morgan fingerprint density at radius 2 is 2.07 bits per heavy atom. The monoisotopic (exact) mass is 192 g/mol. The first kappa shape index (κ1) is 10.7. The Morgan fingerprint density at radius 3 is 2.64 bits per heavy atom. The Kier molecular flexibility index (Phi) is 3.23. The molecule has 0 unspecified atom stereocenters. The lowest BCUT2D eigenvalue weighted by atomic mass is 10.1. The summed E-state index contributed by atoms with van der Waals surface area (Å²) >= 11 is 0. The largest absolute Gasteiger partial charge is 0.350 e. The van der Waals surface area contributed by atoms with Crippen LogP contribution in [-0.2, 0) is 0 Å². The van der Waals surface area contributed by atoms with Crippen molar-refractivity contribution in [2.75, 3.05) is 0 Å². The summed E-state index contributed by atoms with van der Waals surface area (Å²) < 4.78 is 0. The zero-order valence-corrected chi connectivity index (χ0v) is 9.09. The van der Waals surface area contributed by atoms with Gasteiger partial charge in [-0.05, 0) is 39.3 Å². The molecule has 1 aromatic rings. The highest BCUT2D eigenvalue weighted by Gasteiger charge is 2.10. The number of hydrogen-bond acceptors (Lipinski definition) is 2. The van der Waals surface area contributed by atoms with Gasteiger partial charge in [-0.15, -0.1) is 0 Å². The van der Waals surface area contributed by atoms with E-state index in [1.54, 1.807) is 12.3 Å². The van der Waals surface area contributed by atoms with Crippen molar-refractivity contribution in [3.05, 3.63) is 29.1 Å². The summed E-state index contributed by atoms with van der Waals surface area (Å²) in [6, 6.07) is 1.91. The quantitative estimate of drug-likeness (QED) is 0.776. The van der Waals surface area contributed by atoms with Crippen LogP contribution in [-0.4, -0.2) is 16.9 Å². The molecule has 3 nitrogen and oxygen atoms in total. The topological polar surface area (TPSA) is 42.0 Å². The van der Waals surface area contributed by atoms with E-state index in [4.69, 9.17) is 0 Å². The maximum atomic E-state index is 11.7. The third-order valence-electron chi connectivity index (χ3n) is 2.12. The van der Waals surface area contributed by atoms with Crippen molar-refractivity contribution < 1.29 is 4.79 Å². The smallest absolute Gasteiger partial charge is 0.251 e. The highest BCUT2D eigenvalue weighted by atomic mass is 16.1. The van der Waals surface area contributed by atoms with Gasteiger partial charge in [0.2, 0.25) is 0 Å². The van der Waals surface area contributed by atoms with Crippen LogP contribution in [0.2, 0.25) is 0 Å². The van der Waals surface area contributed by atoms with E-state index in [-0.39, 0.29) is 11.9 Å². The van der Waals surface area contributed by atoms with Gasteiger partial charge in [0.25, 0.3) is 5.91 Å². The predicted molar refractivity (Wildman–Crippen MR) is 56.3 cm³/mol. The second-order valence-electron chi connectivity index (χ2n) is 3.70. The number of amides is 1. The van der Waals surface area contributed by atoms with Crippen molar-refractivity contribution >= 4 is 5.91 Å². The Labute approximate surface area is 84.6 Å². The maximum absolute atomic E-state index is 11.7. The van der Waals surface area contributed by atoms with Gasteiger partial charge >= 0.3 is 0 Å². The van der Waals surface area contributed by atoms with E-state index in [9.17, 15) is 4.79 Å². The molecule has 1 N–H and O–H groups in total. The normalized spacial score (nSPS) is 10.4. The number of rotatable bonds is 2. The summed E-state index contributed by atoms with van der Waals surface area (Å²) in [6.07, 6.45) is 1.66. The fourth-order valence-electron chi connectivity index (χ4n) is 1.23. The van der Waals surface area contributed by atoms with Crippen molar-refractivity contribution in [3.8, 4) is 0 Å². The minimum Gasteiger partial charge on any atom is -0.350 e. The van der Waals surface area contributed by atoms with Crippen LogP contribution in [0.4, 0.5) is 0 Å². The van der Waals surface area contributed by atoms with Gasteiger partial charge in [0.05, 0.1) is 0 Å². The highest BCUT2D eigenvalue weighted by molar-refractivity contribution is 5.95. The van der Waals surface area contributed by atoms with Crippen LogP contribution >= 0.6 is 0 Å². The Bertz CT molecular complexity index is 345. The molecule has 0 radical (unpaired) electrons. The van der Waals surface area contributed by atoms with Crippen LogP contribution < -0.4 is 5.32 Å². The molecule has 0 aliphatic rings. The first-order valence-electron chi connectivity index (χ1n) is 4.75. The minimum absolute atomic E-state index is 0.0250. The number of nitrogens with zero attached hydrogens (tertiary/aromatic N) is 1. The number of carbonyl (C=O) groups is 1. The van der Waals surface area contributed by atoms with Crippen LogP contribution in [0.5, 0.6) is 0 Å². The van der Waals surface area contributed by atoms with E-state index >= 15 is 0 Å². The van der Waals surface area contributed by atoms with Crippen LogP contribution in [0.1, 0.15) is 35.5 Å².